The molecule has 1 unspecified atom stereocenters. The van der Waals surface area contributed by atoms with Crippen LogP contribution in [0.2, 0.25) is 0 Å². The van der Waals surface area contributed by atoms with E-state index in [4.69, 9.17) is 9.47 Å². The number of nitrogens with zero attached hydrogens (tertiary/aromatic N) is 1. The SMILES string of the molecule is COCCCC1(C(=O)O)CCCN(C(=O)c2ccc(C)cc2OC)C1. The number of aryl methyl sites for hydroxylation is 1. The third-order valence-electron chi connectivity index (χ3n) is 4.91. The van der Waals surface area contributed by atoms with Crippen LogP contribution < -0.4 is 4.74 Å². The Kier molecular flexibility index (Phi) is 6.42. The Labute approximate surface area is 148 Å². The van der Waals surface area contributed by atoms with E-state index in [1.807, 2.05) is 19.1 Å². The fraction of sp³-hybridized carbons (Fsp3) is 0.579. The number of ether oxygens (including phenoxy) is 2. The predicted octanol–water partition coefficient (Wildman–Crippen LogP) is 2.74. The Morgan fingerprint density at radius 2 is 2.08 bits per heavy atom. The molecular weight excluding hydrogens is 322 g/mol. The van der Waals surface area contributed by atoms with E-state index in [2.05, 4.69) is 0 Å². The van der Waals surface area contributed by atoms with Crippen LogP contribution in [0.4, 0.5) is 0 Å². The lowest BCUT2D eigenvalue weighted by Crippen LogP contribution is -2.50. The summed E-state index contributed by atoms with van der Waals surface area (Å²) in [6.45, 7) is 3.24. The van der Waals surface area contributed by atoms with Crippen molar-refractivity contribution in [3.63, 3.8) is 0 Å². The molecular formula is C19H27NO5. The van der Waals surface area contributed by atoms with E-state index in [1.54, 1.807) is 18.1 Å². The van der Waals surface area contributed by atoms with Crippen LogP contribution in [0, 0.1) is 12.3 Å². The minimum Gasteiger partial charge on any atom is -0.496 e. The number of carbonyl (C=O) groups is 2. The first-order valence-electron chi connectivity index (χ1n) is 8.60. The van der Waals surface area contributed by atoms with Gasteiger partial charge < -0.3 is 19.5 Å². The fourth-order valence-electron chi connectivity index (χ4n) is 3.49. The molecule has 2 rings (SSSR count). The van der Waals surface area contributed by atoms with Gasteiger partial charge in [-0.2, -0.15) is 0 Å². The molecule has 0 saturated carbocycles. The molecule has 0 bridgehead atoms. The van der Waals surface area contributed by atoms with Crippen LogP contribution in [0.1, 0.15) is 41.6 Å². The number of methoxy groups -OCH3 is 2. The molecule has 1 fully saturated rings. The third-order valence-corrected chi connectivity index (χ3v) is 4.91. The van der Waals surface area contributed by atoms with Gasteiger partial charge in [-0.3, -0.25) is 9.59 Å². The van der Waals surface area contributed by atoms with Crippen molar-refractivity contribution in [1.82, 2.24) is 4.90 Å². The lowest BCUT2D eigenvalue weighted by Gasteiger charge is -2.40. The van der Waals surface area contributed by atoms with Crippen LogP contribution in [-0.4, -0.2) is 55.8 Å². The second-order valence-corrected chi connectivity index (χ2v) is 6.72. The van der Waals surface area contributed by atoms with Crippen molar-refractivity contribution in [1.29, 1.82) is 0 Å². The van der Waals surface area contributed by atoms with Crippen molar-refractivity contribution in [2.24, 2.45) is 5.41 Å². The average Bonchev–Trinajstić information content (AvgIpc) is 2.61. The molecule has 0 radical (unpaired) electrons. The van der Waals surface area contributed by atoms with Crippen LogP contribution >= 0.6 is 0 Å². The molecule has 6 nitrogen and oxygen atoms in total. The van der Waals surface area contributed by atoms with Gasteiger partial charge in [-0.25, -0.2) is 0 Å². The molecule has 1 N–H and O–H groups in total. The van der Waals surface area contributed by atoms with Gasteiger partial charge in [-0.1, -0.05) is 6.07 Å². The lowest BCUT2D eigenvalue weighted by atomic mass is 9.76. The standard InChI is InChI=1S/C19H27NO5/c1-14-6-7-15(16(12-14)25-3)17(21)20-10-4-8-19(13-20,18(22)23)9-5-11-24-2/h6-7,12H,4-5,8-11,13H2,1-3H3,(H,22,23). The van der Waals surface area contributed by atoms with Crippen LogP contribution in [0.15, 0.2) is 18.2 Å². The van der Waals surface area contributed by atoms with Gasteiger partial charge >= 0.3 is 5.97 Å². The van der Waals surface area contributed by atoms with Gasteiger partial charge in [0.25, 0.3) is 5.91 Å². The number of likely N-dealkylation sites (tertiary alicyclic amines) is 1. The van der Waals surface area contributed by atoms with Gasteiger partial charge in [0.1, 0.15) is 5.75 Å². The molecule has 1 aromatic rings. The van der Waals surface area contributed by atoms with Gasteiger partial charge in [0.2, 0.25) is 0 Å². The van der Waals surface area contributed by atoms with Crippen molar-refractivity contribution in [2.45, 2.75) is 32.6 Å². The number of piperidine rings is 1. The fourth-order valence-corrected chi connectivity index (χ4v) is 3.49. The highest BCUT2D eigenvalue weighted by atomic mass is 16.5. The summed E-state index contributed by atoms with van der Waals surface area (Å²) < 4.78 is 10.4. The Morgan fingerprint density at radius 3 is 2.72 bits per heavy atom. The highest BCUT2D eigenvalue weighted by Crippen LogP contribution is 2.36. The van der Waals surface area contributed by atoms with Gasteiger partial charge in [-0.15, -0.1) is 0 Å². The molecule has 1 atom stereocenters. The normalized spacial score (nSPS) is 20.4. The minimum atomic E-state index is -0.898. The molecule has 1 aliphatic heterocycles. The number of carboxylic acids is 1. The van der Waals surface area contributed by atoms with Crippen LogP contribution in [0.25, 0.3) is 0 Å². The largest absolute Gasteiger partial charge is 0.496 e. The molecule has 6 heteroatoms. The molecule has 1 aliphatic rings. The molecule has 0 spiro atoms. The van der Waals surface area contributed by atoms with Crippen molar-refractivity contribution < 1.29 is 24.2 Å². The minimum absolute atomic E-state index is 0.172. The molecule has 0 aliphatic carbocycles. The molecule has 1 aromatic carbocycles. The van der Waals surface area contributed by atoms with Crippen LogP contribution in [0.5, 0.6) is 5.75 Å². The van der Waals surface area contributed by atoms with Crippen molar-refractivity contribution in [3.05, 3.63) is 29.3 Å². The summed E-state index contributed by atoms with van der Waals surface area (Å²) >= 11 is 0. The van der Waals surface area contributed by atoms with Crippen molar-refractivity contribution >= 4 is 11.9 Å². The number of hydrogen-bond donors (Lipinski definition) is 1. The summed E-state index contributed by atoms with van der Waals surface area (Å²) in [5, 5.41) is 9.79. The van der Waals surface area contributed by atoms with E-state index in [9.17, 15) is 14.7 Å². The van der Waals surface area contributed by atoms with Crippen molar-refractivity contribution in [2.75, 3.05) is 33.9 Å². The molecule has 1 amide bonds. The van der Waals surface area contributed by atoms with Gasteiger partial charge in [0.05, 0.1) is 18.1 Å². The zero-order chi connectivity index (χ0) is 18.4. The summed E-state index contributed by atoms with van der Waals surface area (Å²) in [7, 11) is 3.14. The third kappa shape index (κ3) is 4.31. The molecule has 138 valence electrons. The quantitative estimate of drug-likeness (QED) is 0.766. The zero-order valence-corrected chi connectivity index (χ0v) is 15.2. The maximum Gasteiger partial charge on any atom is 0.311 e. The molecule has 1 heterocycles. The van der Waals surface area contributed by atoms with E-state index in [0.717, 1.165) is 5.56 Å². The number of benzene rings is 1. The zero-order valence-electron chi connectivity index (χ0n) is 15.2. The number of carbonyl (C=O) groups excluding carboxylic acids is 1. The Hall–Kier alpha value is -2.08. The number of hydrogen-bond acceptors (Lipinski definition) is 4. The smallest absolute Gasteiger partial charge is 0.311 e. The van der Waals surface area contributed by atoms with Gasteiger partial charge in [0, 0.05) is 26.8 Å². The van der Waals surface area contributed by atoms with E-state index in [-0.39, 0.29) is 12.5 Å². The van der Waals surface area contributed by atoms with Gasteiger partial charge in [-0.05, 0) is 50.3 Å². The highest BCUT2D eigenvalue weighted by molar-refractivity contribution is 5.97. The van der Waals surface area contributed by atoms with Crippen LogP contribution in [0.3, 0.4) is 0 Å². The Bertz CT molecular complexity index is 630. The maximum absolute atomic E-state index is 13.0. The van der Waals surface area contributed by atoms with Crippen LogP contribution in [-0.2, 0) is 9.53 Å². The van der Waals surface area contributed by atoms with E-state index < -0.39 is 11.4 Å². The second-order valence-electron chi connectivity index (χ2n) is 6.72. The first-order valence-corrected chi connectivity index (χ1v) is 8.60. The maximum atomic E-state index is 13.0. The Morgan fingerprint density at radius 1 is 1.32 bits per heavy atom. The lowest BCUT2D eigenvalue weighted by molar-refractivity contribution is -0.152. The summed E-state index contributed by atoms with van der Waals surface area (Å²) in [5.41, 5.74) is 0.586. The molecule has 1 saturated heterocycles. The van der Waals surface area contributed by atoms with E-state index in [1.165, 1.54) is 7.11 Å². The Balaban J connectivity index is 2.21. The van der Waals surface area contributed by atoms with Crippen molar-refractivity contribution in [3.8, 4) is 5.75 Å². The number of amides is 1. The second kappa shape index (κ2) is 8.34. The van der Waals surface area contributed by atoms with E-state index in [0.29, 0.717) is 50.1 Å². The summed E-state index contributed by atoms with van der Waals surface area (Å²) in [5.74, 6) is -0.484. The predicted molar refractivity (Wildman–Crippen MR) is 94.0 cm³/mol. The highest BCUT2D eigenvalue weighted by Gasteiger charge is 2.43. The molecule has 25 heavy (non-hydrogen) atoms. The van der Waals surface area contributed by atoms with E-state index >= 15 is 0 Å². The topological polar surface area (TPSA) is 76.1 Å². The molecule has 0 aromatic heterocycles. The summed E-state index contributed by atoms with van der Waals surface area (Å²) in [6, 6.07) is 5.43. The monoisotopic (exact) mass is 349 g/mol. The number of rotatable bonds is 7. The first kappa shape index (κ1) is 19.2. The number of aliphatic carboxylic acids is 1. The first-order chi connectivity index (χ1) is 11.9. The number of carboxylic acid groups (broad SMARTS) is 1. The average molecular weight is 349 g/mol. The summed E-state index contributed by atoms with van der Waals surface area (Å²) in [4.78, 5) is 26.5. The van der Waals surface area contributed by atoms with Gasteiger partial charge in [0.15, 0.2) is 0 Å². The summed E-state index contributed by atoms with van der Waals surface area (Å²) in [6.07, 6.45) is 2.43.